The zero-order chi connectivity index (χ0) is 25.3. The lowest BCUT2D eigenvalue weighted by atomic mass is 9.73. The van der Waals surface area contributed by atoms with Crippen molar-refractivity contribution < 1.29 is 31.2 Å². The van der Waals surface area contributed by atoms with Crippen molar-refractivity contribution in [2.45, 2.75) is 56.3 Å². The van der Waals surface area contributed by atoms with Crippen LogP contribution in [0.5, 0.6) is 0 Å². The van der Waals surface area contributed by atoms with Crippen molar-refractivity contribution in [1.82, 2.24) is 4.90 Å². The van der Waals surface area contributed by atoms with E-state index in [1.165, 1.54) is 12.1 Å². The molecule has 4 heterocycles. The fourth-order valence-electron chi connectivity index (χ4n) is 5.52. The number of sulfonamides is 2. The average Bonchev–Trinajstić information content (AvgIpc) is 3.35. The number of ether oxygens (including phenoxy) is 1. The Morgan fingerprint density at radius 3 is 2.63 bits per heavy atom. The molecule has 0 spiro atoms. The molecular weight excluding hydrogens is 496 g/mol. The fourth-order valence-corrected chi connectivity index (χ4v) is 7.25. The first-order valence-corrected chi connectivity index (χ1v) is 14.9. The number of carbonyl (C=O) groups is 2. The van der Waals surface area contributed by atoms with Crippen molar-refractivity contribution >= 4 is 48.9 Å². The second kappa shape index (κ2) is 8.27. The number of rotatable bonds is 6. The first-order chi connectivity index (χ1) is 16.4. The summed E-state index contributed by atoms with van der Waals surface area (Å²) in [5, 5.41) is 2.87. The molecule has 1 amide bonds. The minimum Gasteiger partial charge on any atom is -0.372 e. The Bertz CT molecular complexity index is 1340. The number of likely N-dealkylation sites (tertiary alicyclic amines) is 1. The van der Waals surface area contributed by atoms with E-state index in [4.69, 9.17) is 4.74 Å². The zero-order valence-electron chi connectivity index (χ0n) is 19.6. The highest BCUT2D eigenvalue weighted by molar-refractivity contribution is 7.92. The Balaban J connectivity index is 1.51. The van der Waals surface area contributed by atoms with Gasteiger partial charge in [-0.1, -0.05) is 13.8 Å². The quantitative estimate of drug-likeness (QED) is 0.527. The molecule has 2 bridgehead atoms. The molecule has 190 valence electrons. The lowest BCUT2D eigenvalue weighted by Gasteiger charge is -2.44. The Kier molecular flexibility index (Phi) is 5.72. The van der Waals surface area contributed by atoms with Crippen molar-refractivity contribution in [2.75, 3.05) is 22.8 Å². The summed E-state index contributed by atoms with van der Waals surface area (Å²) >= 11 is 0. The molecule has 11 nitrogen and oxygen atoms in total. The minimum atomic E-state index is -4.30. The molecule has 4 aliphatic heterocycles. The van der Waals surface area contributed by atoms with Crippen LogP contribution in [0, 0.1) is 17.8 Å². The van der Waals surface area contributed by atoms with Crippen LogP contribution < -0.4 is 10.0 Å². The van der Waals surface area contributed by atoms with Gasteiger partial charge in [-0.05, 0) is 43.4 Å². The summed E-state index contributed by atoms with van der Waals surface area (Å²) in [6, 6.07) is 3.59. The molecule has 3 saturated heterocycles. The van der Waals surface area contributed by atoms with Crippen molar-refractivity contribution in [3.8, 4) is 0 Å². The molecule has 0 aromatic heterocycles. The maximum absolute atomic E-state index is 13.7. The van der Waals surface area contributed by atoms with Crippen LogP contribution in [0.1, 0.15) is 33.1 Å². The molecule has 0 radical (unpaired) electrons. The molecular formula is C22H28N4O7S2. The van der Waals surface area contributed by atoms with Gasteiger partial charge in [-0.15, -0.1) is 4.40 Å². The Hall–Kier alpha value is -2.51. The third-order valence-electron chi connectivity index (χ3n) is 7.00. The molecule has 35 heavy (non-hydrogen) atoms. The smallest absolute Gasteiger partial charge is 0.286 e. The standard InChI is InChI=1S/C22H28N4O7S2/c1-11(2)8-9-26-19-15-7-6-14(33-15)17(19)20(27)18(22(26)28)21-23-13-5-4-12(24-34(3,29)30)10-16(13)35(31,32)25-21/h4-5,10-11,14-15,17-19,24H,6-9H2,1-3H3,(H,23,25). The topological polar surface area (TPSA) is 151 Å². The van der Waals surface area contributed by atoms with E-state index < -0.39 is 37.8 Å². The van der Waals surface area contributed by atoms with E-state index in [0.717, 1.165) is 31.6 Å². The summed E-state index contributed by atoms with van der Waals surface area (Å²) in [5.41, 5.74) is 0.177. The van der Waals surface area contributed by atoms with Crippen molar-refractivity contribution in [1.29, 1.82) is 0 Å². The first kappa shape index (κ1) is 24.2. The van der Waals surface area contributed by atoms with Gasteiger partial charge in [0.2, 0.25) is 15.9 Å². The second-order valence-corrected chi connectivity index (χ2v) is 13.3. The van der Waals surface area contributed by atoms with Crippen molar-refractivity contribution in [2.24, 2.45) is 22.2 Å². The molecule has 0 aliphatic carbocycles. The van der Waals surface area contributed by atoms with Gasteiger partial charge in [0.15, 0.2) is 11.7 Å². The van der Waals surface area contributed by atoms with E-state index in [2.05, 4.69) is 28.3 Å². The predicted molar refractivity (Wildman–Crippen MR) is 128 cm³/mol. The molecule has 5 atom stereocenters. The minimum absolute atomic E-state index is 0.0573. The largest absolute Gasteiger partial charge is 0.372 e. The number of hydrogen-bond acceptors (Lipinski definition) is 8. The lowest BCUT2D eigenvalue weighted by molar-refractivity contribution is -0.150. The molecule has 0 saturated carbocycles. The van der Waals surface area contributed by atoms with E-state index in [-0.39, 0.29) is 46.1 Å². The summed E-state index contributed by atoms with van der Waals surface area (Å²) in [5.74, 6) is -2.61. The number of carbonyl (C=O) groups excluding carboxylic acids is 2. The maximum atomic E-state index is 13.7. The summed E-state index contributed by atoms with van der Waals surface area (Å²) in [6.07, 6.45) is 2.75. The normalized spacial score (nSPS) is 31.1. The third kappa shape index (κ3) is 4.23. The number of amides is 1. The summed E-state index contributed by atoms with van der Waals surface area (Å²) in [6.45, 7) is 4.55. The van der Waals surface area contributed by atoms with Gasteiger partial charge < -0.3 is 15.0 Å². The summed E-state index contributed by atoms with van der Waals surface area (Å²) < 4.78 is 61.2. The van der Waals surface area contributed by atoms with Crippen LogP contribution >= 0.6 is 0 Å². The highest BCUT2D eigenvalue weighted by Gasteiger charge is 2.62. The number of fused-ring (bicyclic) bond motifs is 6. The molecule has 3 fully saturated rings. The van der Waals surface area contributed by atoms with Gasteiger partial charge in [0, 0.05) is 12.2 Å². The summed E-state index contributed by atoms with van der Waals surface area (Å²) in [7, 11) is -7.93. The number of nitrogens with one attached hydrogen (secondary N) is 2. The van der Waals surface area contributed by atoms with E-state index >= 15 is 0 Å². The van der Waals surface area contributed by atoms with Crippen LogP contribution in [0.2, 0.25) is 0 Å². The fraction of sp³-hybridized carbons (Fsp3) is 0.591. The second-order valence-electron chi connectivity index (χ2n) is 10.0. The van der Waals surface area contributed by atoms with Gasteiger partial charge in [-0.3, -0.25) is 14.3 Å². The molecule has 1 aromatic carbocycles. The molecule has 5 rings (SSSR count). The van der Waals surface area contributed by atoms with Gasteiger partial charge in [0.1, 0.15) is 10.7 Å². The Labute approximate surface area is 204 Å². The monoisotopic (exact) mass is 524 g/mol. The van der Waals surface area contributed by atoms with Crippen LogP contribution in [0.4, 0.5) is 11.4 Å². The van der Waals surface area contributed by atoms with Crippen LogP contribution in [-0.4, -0.2) is 70.3 Å². The number of amidine groups is 1. The summed E-state index contributed by atoms with van der Waals surface area (Å²) in [4.78, 5) is 28.7. The van der Waals surface area contributed by atoms with Gasteiger partial charge in [-0.25, -0.2) is 8.42 Å². The number of ketones is 1. The maximum Gasteiger partial charge on any atom is 0.286 e. The van der Waals surface area contributed by atoms with E-state index in [9.17, 15) is 26.4 Å². The van der Waals surface area contributed by atoms with Crippen LogP contribution in [0.25, 0.3) is 0 Å². The predicted octanol–water partition coefficient (Wildman–Crippen LogP) is 1.19. The Morgan fingerprint density at radius 2 is 1.94 bits per heavy atom. The molecule has 5 unspecified atom stereocenters. The number of Topliss-reactive ketones (excluding diaryl/α,β-unsaturated/α-hetero) is 1. The number of hydrogen-bond donors (Lipinski definition) is 2. The zero-order valence-corrected chi connectivity index (χ0v) is 21.2. The van der Waals surface area contributed by atoms with E-state index in [1.807, 2.05) is 0 Å². The Morgan fingerprint density at radius 1 is 1.23 bits per heavy atom. The highest BCUT2D eigenvalue weighted by Crippen LogP contribution is 2.47. The van der Waals surface area contributed by atoms with Gasteiger partial charge in [-0.2, -0.15) is 8.42 Å². The van der Waals surface area contributed by atoms with Crippen LogP contribution in [0.15, 0.2) is 27.5 Å². The lowest BCUT2D eigenvalue weighted by Crippen LogP contribution is -2.63. The van der Waals surface area contributed by atoms with Gasteiger partial charge >= 0.3 is 0 Å². The number of benzene rings is 1. The van der Waals surface area contributed by atoms with E-state index in [0.29, 0.717) is 12.5 Å². The average molecular weight is 525 g/mol. The SMILES string of the molecule is CC(C)CCN1C(=O)C(C2=NS(=O)(=O)c3cc(NS(C)(=O)=O)ccc3N2)C(=O)C2C3CCC(O3)C21. The van der Waals surface area contributed by atoms with Crippen molar-refractivity contribution in [3.63, 3.8) is 0 Å². The van der Waals surface area contributed by atoms with E-state index in [1.54, 1.807) is 4.90 Å². The van der Waals surface area contributed by atoms with Crippen molar-refractivity contribution in [3.05, 3.63) is 18.2 Å². The molecule has 2 N–H and O–H groups in total. The number of piperidine rings is 1. The van der Waals surface area contributed by atoms with Gasteiger partial charge in [0.25, 0.3) is 10.0 Å². The third-order valence-corrected chi connectivity index (χ3v) is 8.94. The first-order valence-electron chi connectivity index (χ1n) is 11.6. The molecule has 4 aliphatic rings. The van der Waals surface area contributed by atoms with Gasteiger partial charge in [0.05, 0.1) is 36.1 Å². The van der Waals surface area contributed by atoms with Crippen LogP contribution in [0.3, 0.4) is 0 Å². The number of nitrogens with zero attached hydrogens (tertiary/aromatic N) is 2. The molecule has 1 aromatic rings. The number of anilines is 2. The molecule has 13 heteroatoms. The highest BCUT2D eigenvalue weighted by atomic mass is 32.2. The van der Waals surface area contributed by atoms with Crippen LogP contribution in [-0.2, 0) is 34.4 Å².